The quantitative estimate of drug-likeness (QED) is 0.734. The van der Waals surface area contributed by atoms with E-state index in [0.717, 1.165) is 12.4 Å². The summed E-state index contributed by atoms with van der Waals surface area (Å²) in [5.74, 6) is 0.755. The first kappa shape index (κ1) is 10.1. The second-order valence-electron chi connectivity index (χ2n) is 3.38. The van der Waals surface area contributed by atoms with Gasteiger partial charge in [0.15, 0.2) is 5.82 Å². The highest BCUT2D eigenvalue weighted by Crippen LogP contribution is 2.05. The van der Waals surface area contributed by atoms with Gasteiger partial charge in [-0.25, -0.2) is 0 Å². The zero-order valence-electron chi connectivity index (χ0n) is 8.49. The molecule has 1 aromatic rings. The van der Waals surface area contributed by atoms with Crippen molar-refractivity contribution in [3.8, 4) is 0 Å². The van der Waals surface area contributed by atoms with Crippen LogP contribution in [0, 0.1) is 0 Å². The molecule has 1 rings (SSSR count). The molecule has 0 aliphatic rings. The summed E-state index contributed by atoms with van der Waals surface area (Å²) in [6.07, 6.45) is 2.41. The standard InChI is InChI=1S/C8H17N5/c1-4-5-7(2)13(3)6-8-9-11-12-10-8/h7H,4-6H2,1-3H3,(H,9,10,11,12). The van der Waals surface area contributed by atoms with Crippen LogP contribution in [0.15, 0.2) is 0 Å². The van der Waals surface area contributed by atoms with Crippen molar-refractivity contribution in [1.82, 2.24) is 25.5 Å². The van der Waals surface area contributed by atoms with Crippen molar-refractivity contribution in [3.63, 3.8) is 0 Å². The summed E-state index contributed by atoms with van der Waals surface area (Å²) in [5, 5.41) is 13.8. The summed E-state index contributed by atoms with van der Waals surface area (Å²) in [4.78, 5) is 2.23. The second-order valence-corrected chi connectivity index (χ2v) is 3.38. The van der Waals surface area contributed by atoms with E-state index in [2.05, 4.69) is 46.4 Å². The minimum Gasteiger partial charge on any atom is -0.296 e. The zero-order valence-corrected chi connectivity index (χ0v) is 8.49. The fourth-order valence-corrected chi connectivity index (χ4v) is 1.27. The predicted molar refractivity (Wildman–Crippen MR) is 50.0 cm³/mol. The van der Waals surface area contributed by atoms with Crippen molar-refractivity contribution in [2.75, 3.05) is 7.05 Å². The van der Waals surface area contributed by atoms with Crippen LogP contribution in [0.1, 0.15) is 32.5 Å². The number of H-pyrrole nitrogens is 1. The lowest BCUT2D eigenvalue weighted by atomic mass is 10.2. The number of hydrogen-bond donors (Lipinski definition) is 1. The van der Waals surface area contributed by atoms with Crippen LogP contribution in [-0.4, -0.2) is 38.6 Å². The molecule has 1 N–H and O–H groups in total. The van der Waals surface area contributed by atoms with Gasteiger partial charge in [-0.3, -0.25) is 4.90 Å². The first-order chi connectivity index (χ1) is 6.24. The van der Waals surface area contributed by atoms with Gasteiger partial charge in [-0.1, -0.05) is 18.6 Å². The monoisotopic (exact) mass is 183 g/mol. The minimum atomic E-state index is 0.573. The minimum absolute atomic E-state index is 0.573. The van der Waals surface area contributed by atoms with E-state index in [0.29, 0.717) is 6.04 Å². The molecule has 1 unspecified atom stereocenters. The summed E-state index contributed by atoms with van der Waals surface area (Å²) in [6.45, 7) is 5.17. The van der Waals surface area contributed by atoms with E-state index in [-0.39, 0.29) is 0 Å². The van der Waals surface area contributed by atoms with Gasteiger partial charge in [-0.05, 0) is 20.4 Å². The van der Waals surface area contributed by atoms with Gasteiger partial charge in [-0.15, -0.1) is 10.2 Å². The Labute approximate surface area is 78.5 Å². The van der Waals surface area contributed by atoms with Crippen molar-refractivity contribution < 1.29 is 0 Å². The van der Waals surface area contributed by atoms with Crippen LogP contribution in [0.4, 0.5) is 0 Å². The van der Waals surface area contributed by atoms with E-state index in [1.807, 2.05) is 0 Å². The maximum atomic E-state index is 3.91. The molecule has 13 heavy (non-hydrogen) atoms. The summed E-state index contributed by atoms with van der Waals surface area (Å²) < 4.78 is 0. The van der Waals surface area contributed by atoms with Crippen LogP contribution < -0.4 is 0 Å². The maximum Gasteiger partial charge on any atom is 0.188 e. The molecule has 0 amide bonds. The number of nitrogens with zero attached hydrogens (tertiary/aromatic N) is 4. The number of aromatic nitrogens is 4. The molecule has 5 heteroatoms. The molecule has 74 valence electrons. The van der Waals surface area contributed by atoms with Gasteiger partial charge in [0.05, 0.1) is 6.54 Å². The summed E-state index contributed by atoms with van der Waals surface area (Å²) in [5.41, 5.74) is 0. The zero-order chi connectivity index (χ0) is 9.68. The molecule has 1 heterocycles. The van der Waals surface area contributed by atoms with Crippen molar-refractivity contribution >= 4 is 0 Å². The molecule has 0 saturated heterocycles. The van der Waals surface area contributed by atoms with Crippen LogP contribution in [0.25, 0.3) is 0 Å². The average Bonchev–Trinajstić information content (AvgIpc) is 2.57. The number of nitrogens with one attached hydrogen (secondary N) is 1. The molecule has 0 aromatic carbocycles. The van der Waals surface area contributed by atoms with E-state index in [1.165, 1.54) is 12.8 Å². The molecule has 0 aliphatic heterocycles. The lowest BCUT2D eigenvalue weighted by Gasteiger charge is -2.22. The van der Waals surface area contributed by atoms with Crippen LogP contribution in [0.2, 0.25) is 0 Å². The third-order valence-electron chi connectivity index (χ3n) is 2.24. The lowest BCUT2D eigenvalue weighted by molar-refractivity contribution is 0.231. The Hall–Kier alpha value is -0.970. The Balaban J connectivity index is 2.36. The molecule has 0 saturated carbocycles. The number of aromatic amines is 1. The Morgan fingerprint density at radius 3 is 2.85 bits per heavy atom. The highest BCUT2D eigenvalue weighted by Gasteiger charge is 2.10. The summed E-state index contributed by atoms with van der Waals surface area (Å²) >= 11 is 0. The largest absolute Gasteiger partial charge is 0.296 e. The van der Waals surface area contributed by atoms with Gasteiger partial charge < -0.3 is 0 Å². The molecule has 1 aromatic heterocycles. The Morgan fingerprint density at radius 2 is 2.31 bits per heavy atom. The highest BCUT2D eigenvalue weighted by molar-refractivity contribution is 4.77. The fraction of sp³-hybridized carbons (Fsp3) is 0.875. The van der Waals surface area contributed by atoms with Crippen LogP contribution in [0.5, 0.6) is 0 Å². The molecular formula is C8H17N5. The smallest absolute Gasteiger partial charge is 0.188 e. The lowest BCUT2D eigenvalue weighted by Crippen LogP contribution is -2.28. The van der Waals surface area contributed by atoms with Gasteiger partial charge in [0.25, 0.3) is 0 Å². The van der Waals surface area contributed by atoms with E-state index in [9.17, 15) is 0 Å². The van der Waals surface area contributed by atoms with Gasteiger partial charge in [-0.2, -0.15) is 5.21 Å². The Kier molecular flexibility index (Phi) is 3.82. The molecule has 0 bridgehead atoms. The molecule has 5 nitrogen and oxygen atoms in total. The number of rotatable bonds is 5. The summed E-state index contributed by atoms with van der Waals surface area (Å²) in [7, 11) is 2.08. The molecule has 0 fully saturated rings. The normalized spacial score (nSPS) is 13.5. The van der Waals surface area contributed by atoms with E-state index >= 15 is 0 Å². The van der Waals surface area contributed by atoms with Gasteiger partial charge in [0.1, 0.15) is 0 Å². The molecule has 0 radical (unpaired) electrons. The van der Waals surface area contributed by atoms with Crippen molar-refractivity contribution in [2.24, 2.45) is 0 Å². The Bertz CT molecular complexity index is 220. The fourth-order valence-electron chi connectivity index (χ4n) is 1.27. The third-order valence-corrected chi connectivity index (χ3v) is 2.24. The van der Waals surface area contributed by atoms with Crippen LogP contribution in [-0.2, 0) is 6.54 Å². The van der Waals surface area contributed by atoms with Gasteiger partial charge in [0.2, 0.25) is 0 Å². The van der Waals surface area contributed by atoms with Crippen molar-refractivity contribution in [3.05, 3.63) is 5.82 Å². The van der Waals surface area contributed by atoms with Crippen molar-refractivity contribution in [1.29, 1.82) is 0 Å². The van der Waals surface area contributed by atoms with Gasteiger partial charge in [0, 0.05) is 6.04 Å². The molecule has 1 atom stereocenters. The van der Waals surface area contributed by atoms with Crippen LogP contribution in [0.3, 0.4) is 0 Å². The number of tetrazole rings is 1. The first-order valence-electron chi connectivity index (χ1n) is 4.66. The van der Waals surface area contributed by atoms with E-state index < -0.39 is 0 Å². The van der Waals surface area contributed by atoms with Crippen molar-refractivity contribution in [2.45, 2.75) is 39.3 Å². The van der Waals surface area contributed by atoms with E-state index in [1.54, 1.807) is 0 Å². The van der Waals surface area contributed by atoms with E-state index in [4.69, 9.17) is 0 Å². The molecular weight excluding hydrogens is 166 g/mol. The first-order valence-corrected chi connectivity index (χ1v) is 4.66. The average molecular weight is 183 g/mol. The predicted octanol–water partition coefficient (Wildman–Crippen LogP) is 0.820. The highest BCUT2D eigenvalue weighted by atomic mass is 15.5. The topological polar surface area (TPSA) is 57.7 Å². The van der Waals surface area contributed by atoms with Crippen LogP contribution >= 0.6 is 0 Å². The number of hydrogen-bond acceptors (Lipinski definition) is 4. The SMILES string of the molecule is CCCC(C)N(C)Cc1nn[nH]n1. The second kappa shape index (κ2) is 4.91. The van der Waals surface area contributed by atoms with Gasteiger partial charge >= 0.3 is 0 Å². The molecule has 0 spiro atoms. The third kappa shape index (κ3) is 3.10. The Morgan fingerprint density at radius 1 is 1.54 bits per heavy atom. The summed E-state index contributed by atoms with van der Waals surface area (Å²) in [6, 6.07) is 0.573. The molecule has 0 aliphatic carbocycles. The maximum absolute atomic E-state index is 3.91.